The summed E-state index contributed by atoms with van der Waals surface area (Å²) in [6.45, 7) is 3.76. The number of oxime groups is 1. The molecule has 2 aliphatic heterocycles. The standard InChI is InChI=1S/C23H20Cl2F3NO3S/c1-12-5-13(3-4-17(12)18(30)9-21(2)10-33-11-21)19-20(31)22(32-29-19,23(26,27)28)14-6-15(24)8-16(25)7-14/h3-8,20,31H,9-11H2,1-2H3. The van der Waals surface area contributed by atoms with Gasteiger partial charge in [0.15, 0.2) is 11.9 Å². The molecule has 176 valence electrons. The summed E-state index contributed by atoms with van der Waals surface area (Å²) in [7, 11) is 0. The van der Waals surface area contributed by atoms with Crippen LogP contribution in [0.1, 0.15) is 40.4 Å². The van der Waals surface area contributed by atoms with Gasteiger partial charge in [-0.05, 0) is 53.7 Å². The molecule has 2 aliphatic rings. The second kappa shape index (κ2) is 8.48. The Bertz CT molecular complexity index is 1130. The summed E-state index contributed by atoms with van der Waals surface area (Å²) in [5.41, 5.74) is -2.66. The zero-order valence-electron chi connectivity index (χ0n) is 17.7. The number of Topliss-reactive ketones (excluding diaryl/α,β-unsaturated/α-hetero) is 1. The number of carbonyl (C=O) groups excluding carboxylic acids is 1. The minimum absolute atomic E-state index is 0.0229. The maximum Gasteiger partial charge on any atom is 0.438 e. The molecule has 1 fully saturated rings. The van der Waals surface area contributed by atoms with Gasteiger partial charge < -0.3 is 9.94 Å². The van der Waals surface area contributed by atoms with E-state index in [0.29, 0.717) is 17.5 Å². The summed E-state index contributed by atoms with van der Waals surface area (Å²) in [5.74, 6) is 1.82. The molecule has 10 heteroatoms. The van der Waals surface area contributed by atoms with Crippen LogP contribution in [0.3, 0.4) is 0 Å². The number of alkyl halides is 3. The molecule has 2 aromatic rings. The average Bonchev–Trinajstić information content (AvgIpc) is 3.04. The molecule has 1 saturated heterocycles. The van der Waals surface area contributed by atoms with Gasteiger partial charge in [-0.3, -0.25) is 4.79 Å². The molecule has 0 spiro atoms. The van der Waals surface area contributed by atoms with E-state index >= 15 is 0 Å². The maximum atomic E-state index is 14.3. The third kappa shape index (κ3) is 4.27. The van der Waals surface area contributed by atoms with Crippen molar-refractivity contribution in [1.29, 1.82) is 0 Å². The van der Waals surface area contributed by atoms with Gasteiger partial charge in [-0.25, -0.2) is 0 Å². The third-order valence-corrected chi connectivity index (χ3v) is 8.19. The molecule has 2 heterocycles. The van der Waals surface area contributed by atoms with Crippen molar-refractivity contribution in [2.45, 2.75) is 38.1 Å². The van der Waals surface area contributed by atoms with E-state index in [1.54, 1.807) is 24.8 Å². The lowest BCUT2D eigenvalue weighted by atomic mass is 9.82. The molecule has 4 rings (SSSR count). The van der Waals surface area contributed by atoms with Crippen molar-refractivity contribution in [3.8, 4) is 0 Å². The molecule has 0 amide bonds. The summed E-state index contributed by atoms with van der Waals surface area (Å²) in [6.07, 6.45) is -6.81. The van der Waals surface area contributed by atoms with Gasteiger partial charge in [-0.1, -0.05) is 47.4 Å². The van der Waals surface area contributed by atoms with Crippen LogP contribution in [0.15, 0.2) is 41.6 Å². The van der Waals surface area contributed by atoms with E-state index in [0.717, 1.165) is 23.6 Å². The first kappa shape index (κ1) is 24.4. The molecule has 2 atom stereocenters. The van der Waals surface area contributed by atoms with E-state index in [-0.39, 0.29) is 32.5 Å². The zero-order valence-corrected chi connectivity index (χ0v) is 20.0. The number of rotatable bonds is 5. The predicted molar refractivity (Wildman–Crippen MR) is 123 cm³/mol. The fourth-order valence-corrected chi connectivity index (χ4v) is 5.78. The number of nitrogens with zero attached hydrogens (tertiary/aromatic N) is 1. The number of aliphatic hydroxyl groups is 1. The van der Waals surface area contributed by atoms with Gasteiger partial charge in [-0.15, -0.1) is 0 Å². The average molecular weight is 518 g/mol. The fraction of sp³-hybridized carbons (Fsp3) is 0.391. The second-order valence-electron chi connectivity index (χ2n) is 8.79. The van der Waals surface area contributed by atoms with Crippen LogP contribution in [0, 0.1) is 12.3 Å². The molecular formula is C23H20Cl2F3NO3S. The molecule has 2 aromatic carbocycles. The smallest absolute Gasteiger partial charge is 0.382 e. The molecule has 0 saturated carbocycles. The number of halogens is 5. The number of thioether (sulfide) groups is 1. The highest BCUT2D eigenvalue weighted by Gasteiger charge is 2.68. The first-order valence-corrected chi connectivity index (χ1v) is 12.0. The minimum Gasteiger partial charge on any atom is -0.382 e. The van der Waals surface area contributed by atoms with E-state index in [1.165, 1.54) is 18.2 Å². The lowest BCUT2D eigenvalue weighted by Gasteiger charge is -2.37. The van der Waals surface area contributed by atoms with Crippen molar-refractivity contribution in [3.63, 3.8) is 0 Å². The van der Waals surface area contributed by atoms with Gasteiger partial charge >= 0.3 is 6.18 Å². The van der Waals surface area contributed by atoms with Crippen molar-refractivity contribution < 1.29 is 27.9 Å². The van der Waals surface area contributed by atoms with Gasteiger partial charge in [-0.2, -0.15) is 24.9 Å². The van der Waals surface area contributed by atoms with E-state index in [4.69, 9.17) is 28.0 Å². The number of ketones is 1. The van der Waals surface area contributed by atoms with E-state index in [9.17, 15) is 23.1 Å². The quantitative estimate of drug-likeness (QED) is 0.481. The lowest BCUT2D eigenvalue weighted by molar-refractivity contribution is -0.296. The number of carbonyl (C=O) groups is 1. The molecule has 0 radical (unpaired) electrons. The summed E-state index contributed by atoms with van der Waals surface area (Å²) < 4.78 is 42.8. The first-order chi connectivity index (χ1) is 15.4. The second-order valence-corrected chi connectivity index (χ2v) is 10.7. The SMILES string of the molecule is Cc1cc(C2=NOC(c3cc(Cl)cc(Cl)c3)(C(F)(F)F)C2O)ccc1C(=O)CC1(C)CSC1. The minimum atomic E-state index is -5.03. The highest BCUT2D eigenvalue weighted by Crippen LogP contribution is 2.50. The van der Waals surface area contributed by atoms with Crippen molar-refractivity contribution in [2.75, 3.05) is 11.5 Å². The lowest BCUT2D eigenvalue weighted by Crippen LogP contribution is -2.52. The van der Waals surface area contributed by atoms with Gasteiger partial charge in [0.1, 0.15) is 5.71 Å². The van der Waals surface area contributed by atoms with Crippen molar-refractivity contribution in [3.05, 3.63) is 68.7 Å². The molecule has 0 bridgehead atoms. The van der Waals surface area contributed by atoms with Gasteiger partial charge in [0.05, 0.1) is 0 Å². The van der Waals surface area contributed by atoms with Crippen molar-refractivity contribution in [2.24, 2.45) is 10.6 Å². The largest absolute Gasteiger partial charge is 0.438 e. The van der Waals surface area contributed by atoms with Crippen LogP contribution in [-0.2, 0) is 10.4 Å². The van der Waals surface area contributed by atoms with Crippen LogP contribution in [-0.4, -0.2) is 40.4 Å². The molecule has 4 nitrogen and oxygen atoms in total. The zero-order chi connectivity index (χ0) is 24.2. The van der Waals surface area contributed by atoms with Gasteiger partial charge in [0.25, 0.3) is 5.60 Å². The van der Waals surface area contributed by atoms with Crippen molar-refractivity contribution in [1.82, 2.24) is 0 Å². The monoisotopic (exact) mass is 517 g/mol. The van der Waals surface area contributed by atoms with Crippen LogP contribution >= 0.6 is 35.0 Å². The third-order valence-electron chi connectivity index (χ3n) is 5.96. The first-order valence-electron chi connectivity index (χ1n) is 10.1. The number of hydrogen-bond donors (Lipinski definition) is 1. The molecule has 2 unspecified atom stereocenters. The van der Waals surface area contributed by atoms with E-state index < -0.39 is 23.4 Å². The fourth-order valence-electron chi connectivity index (χ4n) is 4.14. The van der Waals surface area contributed by atoms with Crippen LogP contribution in [0.4, 0.5) is 13.2 Å². The van der Waals surface area contributed by atoms with Crippen LogP contribution in [0.2, 0.25) is 10.0 Å². The summed E-state index contributed by atoms with van der Waals surface area (Å²) in [4.78, 5) is 17.7. The Morgan fingerprint density at radius 1 is 1.21 bits per heavy atom. The highest BCUT2D eigenvalue weighted by molar-refractivity contribution is 8.00. The summed E-state index contributed by atoms with van der Waals surface area (Å²) in [5, 5.41) is 14.4. The van der Waals surface area contributed by atoms with E-state index in [2.05, 4.69) is 12.1 Å². The molecule has 33 heavy (non-hydrogen) atoms. The highest BCUT2D eigenvalue weighted by atomic mass is 35.5. The Balaban J connectivity index is 1.66. The van der Waals surface area contributed by atoms with Crippen LogP contribution in [0.25, 0.3) is 0 Å². The maximum absolute atomic E-state index is 14.3. The Labute approximate surface area is 203 Å². The number of aliphatic hydroxyl groups excluding tert-OH is 1. The van der Waals surface area contributed by atoms with Crippen LogP contribution < -0.4 is 0 Å². The molecule has 0 aromatic heterocycles. The van der Waals surface area contributed by atoms with Crippen LogP contribution in [0.5, 0.6) is 0 Å². The number of hydrogen-bond acceptors (Lipinski definition) is 5. The summed E-state index contributed by atoms with van der Waals surface area (Å²) in [6, 6.07) is 7.92. The summed E-state index contributed by atoms with van der Waals surface area (Å²) >= 11 is 13.6. The molecular weight excluding hydrogens is 498 g/mol. The van der Waals surface area contributed by atoms with Gasteiger partial charge in [0, 0.05) is 33.2 Å². The Kier molecular flexibility index (Phi) is 6.27. The Morgan fingerprint density at radius 2 is 1.85 bits per heavy atom. The van der Waals surface area contributed by atoms with Gasteiger partial charge in [0.2, 0.25) is 0 Å². The molecule has 1 N–H and O–H groups in total. The Hall–Kier alpha value is -1.74. The topological polar surface area (TPSA) is 58.9 Å². The number of aryl methyl sites for hydroxylation is 1. The normalized spacial score (nSPS) is 24.1. The molecule has 0 aliphatic carbocycles. The predicted octanol–water partition coefficient (Wildman–Crippen LogP) is 6.18. The Morgan fingerprint density at radius 3 is 2.36 bits per heavy atom. The number of benzene rings is 2. The van der Waals surface area contributed by atoms with Crippen molar-refractivity contribution >= 4 is 46.5 Å². The van der Waals surface area contributed by atoms with E-state index in [1.807, 2.05) is 0 Å².